The molecule has 0 heterocycles. The second kappa shape index (κ2) is 6.99. The van der Waals surface area contributed by atoms with Gasteiger partial charge < -0.3 is 25.7 Å². The summed E-state index contributed by atoms with van der Waals surface area (Å²) < 4.78 is 0. The minimum atomic E-state index is -1.78. The number of benzene rings is 1. The number of carboxylic acid groups (broad SMARTS) is 2. The highest BCUT2D eigenvalue weighted by Crippen LogP contribution is 2.22. The van der Waals surface area contributed by atoms with Crippen LogP contribution in [0, 0.1) is 0 Å². The quantitative estimate of drug-likeness (QED) is 0.449. The number of nitrogens with one attached hydrogen (secondary N) is 1. The van der Waals surface area contributed by atoms with Gasteiger partial charge >= 0.3 is 11.9 Å². The lowest BCUT2D eigenvalue weighted by Gasteiger charge is -2.15. The third-order valence-electron chi connectivity index (χ3n) is 2.84. The molecule has 1 aromatic carbocycles. The molecule has 0 aromatic heterocycles. The Kier molecular flexibility index (Phi) is 5.63. The van der Waals surface area contributed by atoms with E-state index in [2.05, 4.69) is 5.32 Å². The maximum absolute atomic E-state index is 11.2. The van der Waals surface area contributed by atoms with Crippen molar-refractivity contribution in [2.24, 2.45) is 0 Å². The summed E-state index contributed by atoms with van der Waals surface area (Å²) in [6.07, 6.45) is -1.34. The molecule has 0 atom stereocenters. The monoisotopic (exact) mass is 283 g/mol. The fraction of sp³-hybridized carbons (Fsp3) is 0.385. The second-order valence-electron chi connectivity index (χ2n) is 4.24. The van der Waals surface area contributed by atoms with E-state index < -0.39 is 18.2 Å². The van der Waals surface area contributed by atoms with Crippen LogP contribution in [0.1, 0.15) is 40.3 Å². The zero-order valence-electron chi connectivity index (χ0n) is 11.0. The number of aliphatic carboxylic acids is 1. The average molecular weight is 283 g/mol. The molecule has 1 rings (SSSR count). The molecule has 0 saturated heterocycles. The van der Waals surface area contributed by atoms with Gasteiger partial charge in [-0.2, -0.15) is 0 Å². The van der Waals surface area contributed by atoms with Crippen molar-refractivity contribution >= 4 is 11.9 Å². The zero-order valence-corrected chi connectivity index (χ0v) is 11.0. The van der Waals surface area contributed by atoms with E-state index in [0.717, 1.165) is 0 Å². The Labute approximate surface area is 115 Å². The summed E-state index contributed by atoms with van der Waals surface area (Å²) in [7, 11) is 0. The maximum atomic E-state index is 11.2. The summed E-state index contributed by atoms with van der Waals surface area (Å²) >= 11 is 0. The molecule has 1 aromatic rings. The van der Waals surface area contributed by atoms with Crippen LogP contribution in [-0.4, -0.2) is 38.9 Å². The van der Waals surface area contributed by atoms with Crippen molar-refractivity contribution in [1.29, 1.82) is 0 Å². The maximum Gasteiger partial charge on any atom is 0.335 e. The van der Waals surface area contributed by atoms with E-state index in [1.54, 1.807) is 6.92 Å². The number of rotatable bonds is 7. The van der Waals surface area contributed by atoms with Crippen molar-refractivity contribution in [2.75, 3.05) is 6.54 Å². The SMILES string of the molecule is CCc1c(CNCC(=O)O)cc(C(O)O)cc1C(=O)O. The number of carbonyl (C=O) groups is 2. The lowest BCUT2D eigenvalue weighted by atomic mass is 9.95. The van der Waals surface area contributed by atoms with Crippen molar-refractivity contribution < 1.29 is 30.0 Å². The average Bonchev–Trinajstić information content (AvgIpc) is 2.36. The van der Waals surface area contributed by atoms with E-state index in [1.165, 1.54) is 12.1 Å². The van der Waals surface area contributed by atoms with Crippen LogP contribution in [0.4, 0.5) is 0 Å². The third kappa shape index (κ3) is 4.02. The van der Waals surface area contributed by atoms with Crippen molar-refractivity contribution in [2.45, 2.75) is 26.2 Å². The Morgan fingerprint density at radius 1 is 1.25 bits per heavy atom. The van der Waals surface area contributed by atoms with E-state index in [0.29, 0.717) is 17.5 Å². The van der Waals surface area contributed by atoms with Gasteiger partial charge in [0.15, 0.2) is 6.29 Å². The fourth-order valence-corrected chi connectivity index (χ4v) is 1.98. The minimum Gasteiger partial charge on any atom is -0.480 e. The van der Waals surface area contributed by atoms with Crippen LogP contribution in [-0.2, 0) is 17.8 Å². The number of aliphatic hydroxyl groups excluding tert-OH is 1. The van der Waals surface area contributed by atoms with Crippen molar-refractivity contribution in [3.63, 3.8) is 0 Å². The van der Waals surface area contributed by atoms with Gasteiger partial charge in [-0.25, -0.2) is 4.79 Å². The Morgan fingerprint density at radius 2 is 1.90 bits per heavy atom. The molecule has 20 heavy (non-hydrogen) atoms. The van der Waals surface area contributed by atoms with Gasteiger partial charge in [-0.1, -0.05) is 6.92 Å². The first-order chi connectivity index (χ1) is 9.36. The van der Waals surface area contributed by atoms with Gasteiger partial charge in [-0.15, -0.1) is 0 Å². The summed E-state index contributed by atoms with van der Waals surface area (Å²) in [5.74, 6) is -2.19. The molecular formula is C13H17NO6. The highest BCUT2D eigenvalue weighted by atomic mass is 16.5. The van der Waals surface area contributed by atoms with E-state index >= 15 is 0 Å². The highest BCUT2D eigenvalue weighted by Gasteiger charge is 2.17. The number of aliphatic hydroxyl groups is 2. The Hall–Kier alpha value is -1.96. The van der Waals surface area contributed by atoms with Crippen LogP contribution >= 0.6 is 0 Å². The van der Waals surface area contributed by atoms with Crippen molar-refractivity contribution in [3.8, 4) is 0 Å². The molecule has 110 valence electrons. The van der Waals surface area contributed by atoms with E-state index in [4.69, 9.17) is 10.2 Å². The molecular weight excluding hydrogens is 266 g/mol. The number of hydrogen-bond donors (Lipinski definition) is 5. The summed E-state index contributed by atoms with van der Waals surface area (Å²) in [4.78, 5) is 21.7. The predicted molar refractivity (Wildman–Crippen MR) is 69.3 cm³/mol. The first-order valence-corrected chi connectivity index (χ1v) is 6.04. The van der Waals surface area contributed by atoms with Gasteiger partial charge in [0.25, 0.3) is 0 Å². The highest BCUT2D eigenvalue weighted by molar-refractivity contribution is 5.90. The fourth-order valence-electron chi connectivity index (χ4n) is 1.98. The van der Waals surface area contributed by atoms with Crippen molar-refractivity contribution in [1.82, 2.24) is 5.32 Å². The van der Waals surface area contributed by atoms with Crippen LogP contribution in [0.25, 0.3) is 0 Å². The third-order valence-corrected chi connectivity index (χ3v) is 2.84. The second-order valence-corrected chi connectivity index (χ2v) is 4.24. The van der Waals surface area contributed by atoms with E-state index in [1.807, 2.05) is 0 Å². The molecule has 0 aliphatic heterocycles. The van der Waals surface area contributed by atoms with E-state index in [9.17, 15) is 19.8 Å². The molecule has 0 fully saturated rings. The van der Waals surface area contributed by atoms with Crippen LogP contribution in [0.5, 0.6) is 0 Å². The summed E-state index contributed by atoms with van der Waals surface area (Å²) in [6, 6.07) is 2.68. The van der Waals surface area contributed by atoms with Crippen LogP contribution in [0.15, 0.2) is 12.1 Å². The van der Waals surface area contributed by atoms with Crippen molar-refractivity contribution in [3.05, 3.63) is 34.4 Å². The first kappa shape index (κ1) is 16.1. The summed E-state index contributed by atoms with van der Waals surface area (Å²) in [6.45, 7) is 1.64. The standard InChI is InChI=1S/C13H17NO6/c1-2-9-8(5-14-6-11(15)16)3-7(12(17)18)4-10(9)13(19)20/h3-4,12,14,17-18H,2,5-6H2,1H3,(H,15,16)(H,19,20). The van der Waals surface area contributed by atoms with Crippen LogP contribution < -0.4 is 5.32 Å². The van der Waals surface area contributed by atoms with Crippen LogP contribution in [0.2, 0.25) is 0 Å². The molecule has 0 bridgehead atoms. The van der Waals surface area contributed by atoms with Gasteiger partial charge in [0.05, 0.1) is 12.1 Å². The molecule has 0 spiro atoms. The number of hydrogen-bond acceptors (Lipinski definition) is 5. The minimum absolute atomic E-state index is 0.00905. The lowest BCUT2D eigenvalue weighted by molar-refractivity contribution is -0.136. The molecule has 0 aliphatic rings. The molecule has 0 radical (unpaired) electrons. The molecule has 0 amide bonds. The number of carboxylic acids is 2. The van der Waals surface area contributed by atoms with Gasteiger partial charge in [-0.3, -0.25) is 4.79 Å². The molecule has 0 saturated carbocycles. The summed E-state index contributed by atoms with van der Waals surface area (Å²) in [5.41, 5.74) is 1.13. The normalized spacial score (nSPS) is 10.8. The van der Waals surface area contributed by atoms with Gasteiger partial charge in [0, 0.05) is 12.1 Å². The molecule has 0 unspecified atom stereocenters. The van der Waals surface area contributed by atoms with Gasteiger partial charge in [0.2, 0.25) is 0 Å². The smallest absolute Gasteiger partial charge is 0.335 e. The zero-order chi connectivity index (χ0) is 15.3. The van der Waals surface area contributed by atoms with Crippen LogP contribution in [0.3, 0.4) is 0 Å². The Balaban J connectivity index is 3.17. The largest absolute Gasteiger partial charge is 0.480 e. The molecule has 7 nitrogen and oxygen atoms in total. The van der Waals surface area contributed by atoms with Gasteiger partial charge in [-0.05, 0) is 29.7 Å². The van der Waals surface area contributed by atoms with E-state index in [-0.39, 0.29) is 24.2 Å². The molecule has 7 heteroatoms. The molecule has 5 N–H and O–H groups in total. The Bertz CT molecular complexity index is 512. The number of aromatic carboxylic acids is 1. The first-order valence-electron chi connectivity index (χ1n) is 6.04. The predicted octanol–water partition coefficient (Wildman–Crippen LogP) is 0.105. The lowest BCUT2D eigenvalue weighted by Crippen LogP contribution is -2.23. The molecule has 0 aliphatic carbocycles. The van der Waals surface area contributed by atoms with Gasteiger partial charge in [0.1, 0.15) is 0 Å². The summed E-state index contributed by atoms with van der Waals surface area (Å²) in [5, 5.41) is 38.7. The topological polar surface area (TPSA) is 127 Å². The Morgan fingerprint density at radius 3 is 2.35 bits per heavy atom.